The minimum Gasteiger partial charge on any atom is -0.480 e. The van der Waals surface area contributed by atoms with Gasteiger partial charge in [-0.15, -0.1) is 0 Å². The van der Waals surface area contributed by atoms with Gasteiger partial charge in [-0.25, -0.2) is 0 Å². The lowest BCUT2D eigenvalue weighted by atomic mass is 10.2. The third-order valence-corrected chi connectivity index (χ3v) is 3.23. The maximum Gasteiger partial charge on any atom is 0.323 e. The summed E-state index contributed by atoms with van der Waals surface area (Å²) in [6.45, 7) is 5.09. The number of hydrogen-bond acceptors (Lipinski definition) is 4. The molecule has 21 heavy (non-hydrogen) atoms. The van der Waals surface area contributed by atoms with Crippen LogP contribution < -0.4 is 0 Å². The third-order valence-electron chi connectivity index (χ3n) is 3.23. The molecule has 0 aliphatic carbocycles. The number of rotatable bonds is 4. The van der Waals surface area contributed by atoms with Crippen LogP contribution in [0.1, 0.15) is 27.5 Å². The van der Waals surface area contributed by atoms with Gasteiger partial charge in [0.1, 0.15) is 12.3 Å². The topological polar surface area (TPSA) is 88.6 Å². The van der Waals surface area contributed by atoms with E-state index in [1.165, 1.54) is 11.9 Å². The number of carboxylic acid groups (broad SMARTS) is 1. The van der Waals surface area contributed by atoms with Crippen molar-refractivity contribution in [3.63, 3.8) is 0 Å². The molecule has 2 aromatic rings. The number of aromatic nitrogens is 2. The summed E-state index contributed by atoms with van der Waals surface area (Å²) < 4.78 is 6.86. The number of aliphatic carboxylic acids is 1. The van der Waals surface area contributed by atoms with E-state index in [4.69, 9.17) is 9.63 Å². The Morgan fingerprint density at radius 3 is 2.52 bits per heavy atom. The van der Waals surface area contributed by atoms with E-state index in [1.54, 1.807) is 30.5 Å². The molecule has 0 saturated heterocycles. The predicted octanol–water partition coefficient (Wildman–Crippen LogP) is 1.55. The highest BCUT2D eigenvalue weighted by atomic mass is 16.5. The lowest BCUT2D eigenvalue weighted by molar-refractivity contribution is -0.137. The van der Waals surface area contributed by atoms with E-state index in [0.29, 0.717) is 22.8 Å². The van der Waals surface area contributed by atoms with Gasteiger partial charge in [-0.1, -0.05) is 5.16 Å². The molecular weight excluding hydrogens is 274 g/mol. The maximum atomic E-state index is 12.3. The molecule has 1 amide bonds. The second kappa shape index (κ2) is 5.43. The maximum absolute atomic E-state index is 12.3. The molecule has 1 N–H and O–H groups in total. The molecule has 0 bridgehead atoms. The molecule has 2 aromatic heterocycles. The molecule has 2 rings (SSSR count). The molecule has 0 aromatic carbocycles. The van der Waals surface area contributed by atoms with Crippen LogP contribution in [0.5, 0.6) is 0 Å². The first-order valence-corrected chi connectivity index (χ1v) is 6.41. The molecule has 0 spiro atoms. The standard InChI is InChI=1S/C14H17N3O4/c1-8-5-11(14(20)16(4)7-13(18)19)10(3)17(8)12-6-9(2)21-15-12/h5-6H,7H2,1-4H3,(H,18,19). The molecule has 0 saturated carbocycles. The minimum absolute atomic E-state index is 0.336. The van der Waals surface area contributed by atoms with E-state index in [9.17, 15) is 9.59 Å². The van der Waals surface area contributed by atoms with Crippen LogP contribution in [0.4, 0.5) is 0 Å². The van der Waals surface area contributed by atoms with Crippen molar-refractivity contribution in [1.82, 2.24) is 14.6 Å². The molecule has 0 aliphatic heterocycles. The minimum atomic E-state index is -1.05. The van der Waals surface area contributed by atoms with Crippen molar-refractivity contribution in [2.45, 2.75) is 20.8 Å². The fraction of sp³-hybridized carbons (Fsp3) is 0.357. The van der Waals surface area contributed by atoms with Gasteiger partial charge in [-0.2, -0.15) is 0 Å². The van der Waals surface area contributed by atoms with E-state index in [2.05, 4.69) is 5.16 Å². The van der Waals surface area contributed by atoms with Crippen LogP contribution in [0.2, 0.25) is 0 Å². The van der Waals surface area contributed by atoms with Crippen LogP contribution in [0, 0.1) is 20.8 Å². The molecule has 2 heterocycles. The Labute approximate surface area is 121 Å². The number of likely N-dealkylation sites (N-methyl/N-ethyl adjacent to an activating group) is 1. The van der Waals surface area contributed by atoms with Gasteiger partial charge in [0.05, 0.1) is 5.56 Å². The molecule has 0 atom stereocenters. The van der Waals surface area contributed by atoms with Gasteiger partial charge in [0.15, 0.2) is 5.82 Å². The second-order valence-corrected chi connectivity index (χ2v) is 4.97. The quantitative estimate of drug-likeness (QED) is 0.923. The zero-order valence-corrected chi connectivity index (χ0v) is 12.4. The number of carbonyl (C=O) groups is 2. The first kappa shape index (κ1) is 14.8. The summed E-state index contributed by atoms with van der Waals surface area (Å²) in [7, 11) is 1.46. The Hall–Kier alpha value is -2.57. The Bertz CT molecular complexity index is 699. The van der Waals surface area contributed by atoms with Crippen molar-refractivity contribution in [3.8, 4) is 5.82 Å². The highest BCUT2D eigenvalue weighted by Crippen LogP contribution is 2.21. The van der Waals surface area contributed by atoms with E-state index in [1.807, 2.05) is 6.92 Å². The van der Waals surface area contributed by atoms with Crippen LogP contribution in [-0.2, 0) is 4.79 Å². The van der Waals surface area contributed by atoms with Crippen LogP contribution in [0.25, 0.3) is 5.82 Å². The Morgan fingerprint density at radius 1 is 1.33 bits per heavy atom. The summed E-state index contributed by atoms with van der Waals surface area (Å²) in [5, 5.41) is 12.7. The molecule has 0 unspecified atom stereocenters. The molecule has 0 aliphatic rings. The van der Waals surface area contributed by atoms with Crippen molar-refractivity contribution in [3.05, 3.63) is 34.8 Å². The summed E-state index contributed by atoms with van der Waals surface area (Å²) in [5.41, 5.74) is 1.98. The summed E-state index contributed by atoms with van der Waals surface area (Å²) >= 11 is 0. The fourth-order valence-corrected chi connectivity index (χ4v) is 2.27. The number of aryl methyl sites for hydroxylation is 2. The Balaban J connectivity index is 2.39. The highest BCUT2D eigenvalue weighted by Gasteiger charge is 2.21. The first-order valence-electron chi connectivity index (χ1n) is 6.41. The zero-order valence-electron chi connectivity index (χ0n) is 12.4. The molecular formula is C14H17N3O4. The summed E-state index contributed by atoms with van der Waals surface area (Å²) in [6.07, 6.45) is 0. The van der Waals surface area contributed by atoms with E-state index in [0.717, 1.165) is 5.69 Å². The fourth-order valence-electron chi connectivity index (χ4n) is 2.27. The first-order chi connectivity index (χ1) is 9.81. The van der Waals surface area contributed by atoms with Gasteiger partial charge in [0.2, 0.25) is 0 Å². The van der Waals surface area contributed by atoms with Gasteiger partial charge < -0.3 is 14.5 Å². The van der Waals surface area contributed by atoms with Crippen molar-refractivity contribution in [2.24, 2.45) is 0 Å². The van der Waals surface area contributed by atoms with Crippen LogP contribution >= 0.6 is 0 Å². The molecule has 7 nitrogen and oxygen atoms in total. The van der Waals surface area contributed by atoms with Gasteiger partial charge in [-0.3, -0.25) is 14.2 Å². The number of nitrogens with zero attached hydrogens (tertiary/aromatic N) is 3. The summed E-state index contributed by atoms with van der Waals surface area (Å²) in [6, 6.07) is 3.50. The molecule has 0 fully saturated rings. The van der Waals surface area contributed by atoms with Crippen molar-refractivity contribution < 1.29 is 19.2 Å². The van der Waals surface area contributed by atoms with Crippen LogP contribution in [0.15, 0.2) is 16.7 Å². The lowest BCUT2D eigenvalue weighted by Gasteiger charge is -2.14. The largest absolute Gasteiger partial charge is 0.480 e. The number of hydrogen-bond donors (Lipinski definition) is 1. The average molecular weight is 291 g/mol. The lowest BCUT2D eigenvalue weighted by Crippen LogP contribution is -2.32. The van der Waals surface area contributed by atoms with Crippen molar-refractivity contribution in [2.75, 3.05) is 13.6 Å². The second-order valence-electron chi connectivity index (χ2n) is 4.97. The zero-order chi connectivity index (χ0) is 15.7. The van der Waals surface area contributed by atoms with E-state index >= 15 is 0 Å². The van der Waals surface area contributed by atoms with Crippen LogP contribution in [0.3, 0.4) is 0 Å². The average Bonchev–Trinajstić information content (AvgIpc) is 2.91. The number of carboxylic acids is 1. The molecule has 0 radical (unpaired) electrons. The number of amides is 1. The van der Waals surface area contributed by atoms with Crippen molar-refractivity contribution in [1.29, 1.82) is 0 Å². The molecule has 112 valence electrons. The predicted molar refractivity (Wildman–Crippen MR) is 74.6 cm³/mol. The monoisotopic (exact) mass is 291 g/mol. The van der Waals surface area contributed by atoms with E-state index < -0.39 is 5.97 Å². The highest BCUT2D eigenvalue weighted by molar-refractivity contribution is 5.97. The summed E-state index contributed by atoms with van der Waals surface area (Å²) in [4.78, 5) is 24.2. The number of carbonyl (C=O) groups excluding carboxylic acids is 1. The van der Waals surface area contributed by atoms with Gasteiger partial charge >= 0.3 is 5.97 Å². The smallest absolute Gasteiger partial charge is 0.323 e. The molecule has 7 heteroatoms. The van der Waals surface area contributed by atoms with Crippen LogP contribution in [-0.4, -0.2) is 45.2 Å². The Kier molecular flexibility index (Phi) is 3.84. The normalized spacial score (nSPS) is 10.7. The van der Waals surface area contributed by atoms with E-state index in [-0.39, 0.29) is 12.5 Å². The van der Waals surface area contributed by atoms with Gasteiger partial charge in [-0.05, 0) is 26.8 Å². The van der Waals surface area contributed by atoms with Crippen molar-refractivity contribution >= 4 is 11.9 Å². The van der Waals surface area contributed by atoms with Gasteiger partial charge in [0.25, 0.3) is 5.91 Å². The van der Waals surface area contributed by atoms with Gasteiger partial charge in [0, 0.05) is 24.5 Å². The third kappa shape index (κ3) is 2.81. The Morgan fingerprint density at radius 2 is 2.00 bits per heavy atom. The SMILES string of the molecule is Cc1cc(-n2c(C)cc(C(=O)N(C)CC(=O)O)c2C)no1. The summed E-state index contributed by atoms with van der Waals surface area (Å²) in [5.74, 6) is -0.112.